The predicted octanol–water partition coefficient (Wildman–Crippen LogP) is 1.53. The van der Waals surface area contributed by atoms with Gasteiger partial charge in [-0.15, -0.1) is 12.4 Å². The van der Waals surface area contributed by atoms with E-state index in [1.807, 2.05) is 30.1 Å². The van der Waals surface area contributed by atoms with E-state index in [1.165, 1.54) is 11.8 Å². The molecule has 102 valence electrons. The lowest BCUT2D eigenvalue weighted by Crippen LogP contribution is -2.22. The van der Waals surface area contributed by atoms with E-state index in [0.29, 0.717) is 11.9 Å². The molecule has 0 spiro atoms. The van der Waals surface area contributed by atoms with Crippen LogP contribution in [0.5, 0.6) is 0 Å². The van der Waals surface area contributed by atoms with Crippen LogP contribution in [0.15, 0.2) is 12.3 Å². The topological polar surface area (TPSA) is 59.0 Å². The second-order valence-electron chi connectivity index (χ2n) is 4.19. The summed E-state index contributed by atoms with van der Waals surface area (Å²) in [5, 5.41) is 10.5. The molecule has 2 heterocycles. The van der Waals surface area contributed by atoms with E-state index in [1.54, 1.807) is 0 Å². The summed E-state index contributed by atoms with van der Waals surface area (Å²) in [5.41, 5.74) is 0. The van der Waals surface area contributed by atoms with Gasteiger partial charge >= 0.3 is 0 Å². The molecule has 1 amide bonds. The molecule has 0 radical (unpaired) electrons. The first-order chi connectivity index (χ1) is 8.20. The fourth-order valence-corrected chi connectivity index (χ4v) is 2.08. The van der Waals surface area contributed by atoms with Crippen molar-refractivity contribution in [3.05, 3.63) is 12.3 Å². The van der Waals surface area contributed by atoms with Crippen LogP contribution in [0, 0.1) is 0 Å². The fourth-order valence-electron chi connectivity index (χ4n) is 1.81. The molecule has 0 aromatic carbocycles. The molecule has 2 N–H and O–H groups in total. The van der Waals surface area contributed by atoms with Crippen molar-refractivity contribution in [3.63, 3.8) is 0 Å². The highest BCUT2D eigenvalue weighted by atomic mass is 35.5. The quantitative estimate of drug-likeness (QED) is 0.883. The van der Waals surface area contributed by atoms with Crippen molar-refractivity contribution in [1.29, 1.82) is 0 Å². The first kappa shape index (κ1) is 15.3. The number of halogens is 1. The highest BCUT2D eigenvalue weighted by Gasteiger charge is 2.18. The third-order valence-electron chi connectivity index (χ3n) is 2.99. The van der Waals surface area contributed by atoms with Crippen LogP contribution < -0.4 is 10.6 Å². The Bertz CT molecular complexity index is 392. The molecule has 1 aliphatic rings. The number of nitrogens with one attached hydrogen (secondary N) is 2. The number of aromatic nitrogens is 2. The molecule has 1 aromatic rings. The monoisotopic (exact) mass is 290 g/mol. The molecular weight excluding hydrogens is 272 g/mol. The molecule has 1 aliphatic heterocycles. The minimum atomic E-state index is -0.0479. The number of anilines is 1. The van der Waals surface area contributed by atoms with Crippen molar-refractivity contribution >= 4 is 35.9 Å². The maximum atomic E-state index is 11.7. The first-order valence-electron chi connectivity index (χ1n) is 5.80. The van der Waals surface area contributed by atoms with Gasteiger partial charge in [0.25, 0.3) is 0 Å². The van der Waals surface area contributed by atoms with Crippen molar-refractivity contribution in [3.8, 4) is 0 Å². The Kier molecular flexibility index (Phi) is 5.98. The Morgan fingerprint density at radius 3 is 3.11 bits per heavy atom. The van der Waals surface area contributed by atoms with Crippen LogP contribution in [0.4, 0.5) is 5.82 Å². The van der Waals surface area contributed by atoms with Crippen LogP contribution in [0.3, 0.4) is 0 Å². The van der Waals surface area contributed by atoms with E-state index in [0.717, 1.165) is 19.5 Å². The van der Waals surface area contributed by atoms with Gasteiger partial charge in [-0.2, -0.15) is 16.9 Å². The molecule has 5 nitrogen and oxygen atoms in total. The number of nitrogens with zero attached hydrogens (tertiary/aromatic N) is 2. The van der Waals surface area contributed by atoms with Crippen LogP contribution in [0.1, 0.15) is 19.4 Å². The largest absolute Gasteiger partial charge is 0.315 e. The van der Waals surface area contributed by atoms with Crippen molar-refractivity contribution in [1.82, 2.24) is 15.1 Å². The number of amides is 1. The molecule has 0 bridgehead atoms. The van der Waals surface area contributed by atoms with Crippen molar-refractivity contribution < 1.29 is 4.79 Å². The third-order valence-corrected chi connectivity index (χ3v) is 3.91. The van der Waals surface area contributed by atoms with Gasteiger partial charge in [0.05, 0.1) is 11.3 Å². The Morgan fingerprint density at radius 2 is 2.50 bits per heavy atom. The van der Waals surface area contributed by atoms with Crippen molar-refractivity contribution in [2.45, 2.75) is 24.6 Å². The lowest BCUT2D eigenvalue weighted by Gasteiger charge is -2.09. The predicted molar refractivity (Wildman–Crippen MR) is 77.6 cm³/mol. The summed E-state index contributed by atoms with van der Waals surface area (Å²) in [6, 6.07) is 2.27. The van der Waals surface area contributed by atoms with Gasteiger partial charge in [-0.1, -0.05) is 0 Å². The molecule has 0 aliphatic carbocycles. The molecule has 1 saturated heterocycles. The standard InChI is InChI=1S/C11H18N4OS.ClH/c1-8(17-2)11(16)13-10-4-6-15(14-10)9-3-5-12-7-9;/h4,6,8-9,12H,3,5,7H2,1-2H3,(H,13,14,16);1H. The Hall–Kier alpha value is -0.720. The second-order valence-corrected chi connectivity index (χ2v) is 5.37. The van der Waals surface area contributed by atoms with Crippen molar-refractivity contribution in [2.75, 3.05) is 24.7 Å². The van der Waals surface area contributed by atoms with E-state index < -0.39 is 0 Å². The van der Waals surface area contributed by atoms with Gasteiger partial charge in [0.2, 0.25) is 5.91 Å². The lowest BCUT2D eigenvalue weighted by molar-refractivity contribution is -0.115. The Balaban J connectivity index is 0.00000162. The second kappa shape index (κ2) is 7.01. The number of thioether (sulfide) groups is 1. The SMILES string of the molecule is CSC(C)C(=O)Nc1ccn(C2CCNC2)n1.Cl. The van der Waals surface area contributed by atoms with Gasteiger partial charge in [-0.25, -0.2) is 0 Å². The summed E-state index contributed by atoms with van der Waals surface area (Å²) in [7, 11) is 0. The summed E-state index contributed by atoms with van der Waals surface area (Å²) in [5.74, 6) is 0.648. The Labute approximate surface area is 117 Å². The minimum absolute atomic E-state index is 0. The molecule has 2 atom stereocenters. The van der Waals surface area contributed by atoms with Crippen LogP contribution in [-0.2, 0) is 4.79 Å². The fraction of sp³-hybridized carbons (Fsp3) is 0.636. The molecule has 1 aromatic heterocycles. The number of carbonyl (C=O) groups excluding carboxylic acids is 1. The van der Waals surface area contributed by atoms with Gasteiger partial charge in [0, 0.05) is 18.8 Å². The average Bonchev–Trinajstić information content (AvgIpc) is 2.97. The zero-order valence-corrected chi connectivity index (χ0v) is 12.2. The van der Waals surface area contributed by atoms with Crippen LogP contribution >= 0.6 is 24.2 Å². The summed E-state index contributed by atoms with van der Waals surface area (Å²) in [6.07, 6.45) is 4.94. The zero-order chi connectivity index (χ0) is 12.3. The van der Waals surface area contributed by atoms with E-state index in [9.17, 15) is 4.79 Å². The molecule has 0 saturated carbocycles. The molecular formula is C11H19ClN4OS. The molecule has 7 heteroatoms. The highest BCUT2D eigenvalue weighted by Crippen LogP contribution is 2.16. The maximum absolute atomic E-state index is 11.7. The van der Waals surface area contributed by atoms with E-state index in [4.69, 9.17) is 0 Å². The average molecular weight is 291 g/mol. The molecule has 1 fully saturated rings. The first-order valence-corrected chi connectivity index (χ1v) is 7.09. The van der Waals surface area contributed by atoms with E-state index >= 15 is 0 Å². The maximum Gasteiger partial charge on any atom is 0.238 e. The van der Waals surface area contributed by atoms with Gasteiger partial charge in [-0.05, 0) is 26.1 Å². The summed E-state index contributed by atoms with van der Waals surface area (Å²) < 4.78 is 1.93. The smallest absolute Gasteiger partial charge is 0.238 e. The third kappa shape index (κ3) is 3.63. The van der Waals surface area contributed by atoms with Crippen LogP contribution in [-0.4, -0.2) is 40.3 Å². The van der Waals surface area contributed by atoms with Crippen LogP contribution in [0.2, 0.25) is 0 Å². The normalized spacial score (nSPS) is 20.2. The minimum Gasteiger partial charge on any atom is -0.315 e. The van der Waals surface area contributed by atoms with Crippen molar-refractivity contribution in [2.24, 2.45) is 0 Å². The van der Waals surface area contributed by atoms with E-state index in [2.05, 4.69) is 15.7 Å². The Morgan fingerprint density at radius 1 is 1.72 bits per heavy atom. The lowest BCUT2D eigenvalue weighted by atomic mass is 10.3. The molecule has 2 unspecified atom stereocenters. The van der Waals surface area contributed by atoms with E-state index in [-0.39, 0.29) is 23.6 Å². The zero-order valence-electron chi connectivity index (χ0n) is 10.5. The number of hydrogen-bond acceptors (Lipinski definition) is 4. The molecule has 18 heavy (non-hydrogen) atoms. The van der Waals surface area contributed by atoms with Gasteiger partial charge < -0.3 is 10.6 Å². The molecule has 2 rings (SSSR count). The summed E-state index contributed by atoms with van der Waals surface area (Å²) in [4.78, 5) is 11.7. The number of rotatable bonds is 4. The van der Waals surface area contributed by atoms with Gasteiger partial charge in [-0.3, -0.25) is 9.48 Å². The number of hydrogen-bond donors (Lipinski definition) is 2. The summed E-state index contributed by atoms with van der Waals surface area (Å²) in [6.45, 7) is 3.88. The summed E-state index contributed by atoms with van der Waals surface area (Å²) >= 11 is 1.53. The van der Waals surface area contributed by atoms with Crippen LogP contribution in [0.25, 0.3) is 0 Å². The number of carbonyl (C=O) groups is 1. The van der Waals surface area contributed by atoms with Gasteiger partial charge in [0.1, 0.15) is 0 Å². The van der Waals surface area contributed by atoms with Gasteiger partial charge in [0.15, 0.2) is 5.82 Å². The highest BCUT2D eigenvalue weighted by molar-refractivity contribution is 7.99.